The van der Waals surface area contributed by atoms with E-state index in [1.807, 2.05) is 0 Å². The smallest absolute Gasteiger partial charge is 0.405 e. The molecule has 1 amide bonds. The molecular formula is C12H16ClNO4. The Morgan fingerprint density at radius 1 is 1.44 bits per heavy atom. The Bertz CT molecular complexity index is 399. The number of carbonyl (C=O) groups is 1. The van der Waals surface area contributed by atoms with Gasteiger partial charge in [0.25, 0.3) is 0 Å². The second-order valence-electron chi connectivity index (χ2n) is 3.66. The maximum atomic E-state index is 10.9. The third-order valence-electron chi connectivity index (χ3n) is 2.33. The lowest BCUT2D eigenvalue weighted by Crippen LogP contribution is -2.27. The average Bonchev–Trinajstić information content (AvgIpc) is 2.34. The van der Waals surface area contributed by atoms with E-state index >= 15 is 0 Å². The summed E-state index contributed by atoms with van der Waals surface area (Å²) in [6, 6.07) is 7.04. The van der Waals surface area contributed by atoms with Crippen LogP contribution in [0.4, 0.5) is 4.79 Å². The fourth-order valence-corrected chi connectivity index (χ4v) is 1.75. The summed E-state index contributed by atoms with van der Waals surface area (Å²) in [5.74, 6) is 0. The molecule has 0 saturated carbocycles. The van der Waals surface area contributed by atoms with Crippen molar-refractivity contribution in [1.29, 1.82) is 0 Å². The molecule has 18 heavy (non-hydrogen) atoms. The number of primary amides is 1. The topological polar surface area (TPSA) is 70.8 Å². The van der Waals surface area contributed by atoms with Crippen LogP contribution in [0.25, 0.3) is 0 Å². The van der Waals surface area contributed by atoms with Crippen LogP contribution in [0.5, 0.6) is 0 Å². The van der Waals surface area contributed by atoms with E-state index in [-0.39, 0.29) is 6.79 Å². The molecule has 6 heteroatoms. The van der Waals surface area contributed by atoms with Crippen LogP contribution in [-0.2, 0) is 14.2 Å². The van der Waals surface area contributed by atoms with Gasteiger partial charge in [0, 0.05) is 17.7 Å². The molecule has 0 heterocycles. The highest BCUT2D eigenvalue weighted by Gasteiger charge is 2.25. The van der Waals surface area contributed by atoms with Gasteiger partial charge in [-0.2, -0.15) is 0 Å². The SMILES string of the molecule is COCO[C@@H](C)[C@@H](OC(N)=O)c1ccccc1Cl. The molecule has 5 nitrogen and oxygen atoms in total. The molecule has 100 valence electrons. The van der Waals surface area contributed by atoms with Crippen LogP contribution in [0, 0.1) is 0 Å². The van der Waals surface area contributed by atoms with Crippen LogP contribution in [0.15, 0.2) is 24.3 Å². The van der Waals surface area contributed by atoms with E-state index in [1.54, 1.807) is 31.2 Å². The van der Waals surface area contributed by atoms with Crippen LogP contribution in [-0.4, -0.2) is 26.1 Å². The van der Waals surface area contributed by atoms with Gasteiger partial charge >= 0.3 is 6.09 Å². The zero-order chi connectivity index (χ0) is 13.5. The van der Waals surface area contributed by atoms with Crippen molar-refractivity contribution in [3.63, 3.8) is 0 Å². The Morgan fingerprint density at radius 3 is 2.67 bits per heavy atom. The van der Waals surface area contributed by atoms with Crippen LogP contribution in [0.2, 0.25) is 5.02 Å². The molecular weight excluding hydrogens is 258 g/mol. The van der Waals surface area contributed by atoms with Crippen molar-refractivity contribution in [1.82, 2.24) is 0 Å². The summed E-state index contributed by atoms with van der Waals surface area (Å²) in [6.07, 6.45) is -1.99. The summed E-state index contributed by atoms with van der Waals surface area (Å²) >= 11 is 6.06. The molecule has 0 bridgehead atoms. The highest BCUT2D eigenvalue weighted by molar-refractivity contribution is 6.31. The van der Waals surface area contributed by atoms with Crippen molar-refractivity contribution in [2.45, 2.75) is 19.1 Å². The van der Waals surface area contributed by atoms with Gasteiger partial charge in [-0.1, -0.05) is 29.8 Å². The second-order valence-corrected chi connectivity index (χ2v) is 4.06. The Morgan fingerprint density at radius 2 is 2.11 bits per heavy atom. The minimum atomic E-state index is -0.882. The van der Waals surface area contributed by atoms with Crippen molar-refractivity contribution in [3.8, 4) is 0 Å². The number of carbonyl (C=O) groups excluding carboxylic acids is 1. The van der Waals surface area contributed by atoms with Crippen LogP contribution < -0.4 is 5.73 Å². The van der Waals surface area contributed by atoms with Crippen molar-refractivity contribution in [3.05, 3.63) is 34.9 Å². The van der Waals surface area contributed by atoms with Crippen molar-refractivity contribution < 1.29 is 19.0 Å². The molecule has 1 rings (SSSR count). The third kappa shape index (κ3) is 4.18. The van der Waals surface area contributed by atoms with Crippen molar-refractivity contribution >= 4 is 17.7 Å². The number of methoxy groups -OCH3 is 1. The molecule has 0 aliphatic rings. The normalized spacial score (nSPS) is 13.9. The fourth-order valence-electron chi connectivity index (χ4n) is 1.51. The summed E-state index contributed by atoms with van der Waals surface area (Å²) in [7, 11) is 1.51. The zero-order valence-electron chi connectivity index (χ0n) is 10.3. The molecule has 0 aromatic heterocycles. The van der Waals surface area contributed by atoms with Crippen LogP contribution in [0.1, 0.15) is 18.6 Å². The number of amides is 1. The Labute approximate surface area is 111 Å². The Kier molecular flexibility index (Phi) is 5.91. The summed E-state index contributed by atoms with van der Waals surface area (Å²) in [5, 5.41) is 0.483. The van der Waals surface area contributed by atoms with Gasteiger partial charge in [-0.05, 0) is 13.0 Å². The van der Waals surface area contributed by atoms with Crippen molar-refractivity contribution in [2.75, 3.05) is 13.9 Å². The highest BCUT2D eigenvalue weighted by Crippen LogP contribution is 2.29. The van der Waals surface area contributed by atoms with Gasteiger partial charge in [0.15, 0.2) is 6.10 Å². The van der Waals surface area contributed by atoms with Gasteiger partial charge in [-0.25, -0.2) is 4.79 Å². The quantitative estimate of drug-likeness (QED) is 0.809. The summed E-state index contributed by atoms with van der Waals surface area (Å²) in [6.45, 7) is 1.83. The van der Waals surface area contributed by atoms with E-state index in [0.29, 0.717) is 10.6 Å². The molecule has 0 radical (unpaired) electrons. The highest BCUT2D eigenvalue weighted by atomic mass is 35.5. The summed E-state index contributed by atoms with van der Waals surface area (Å²) in [4.78, 5) is 10.9. The van der Waals surface area contributed by atoms with Gasteiger partial charge in [0.2, 0.25) is 0 Å². The van der Waals surface area contributed by atoms with E-state index in [4.69, 9.17) is 31.5 Å². The largest absolute Gasteiger partial charge is 0.439 e. The Hall–Kier alpha value is -1.30. The lowest BCUT2D eigenvalue weighted by atomic mass is 10.1. The van der Waals surface area contributed by atoms with Gasteiger partial charge in [0.1, 0.15) is 6.79 Å². The number of hydrogen-bond donors (Lipinski definition) is 1. The zero-order valence-corrected chi connectivity index (χ0v) is 11.0. The van der Waals surface area contributed by atoms with Crippen molar-refractivity contribution in [2.24, 2.45) is 5.73 Å². The molecule has 1 aromatic carbocycles. The predicted molar refractivity (Wildman–Crippen MR) is 67.3 cm³/mol. The van der Waals surface area contributed by atoms with E-state index in [9.17, 15) is 4.79 Å². The average molecular weight is 274 g/mol. The second kappa shape index (κ2) is 7.20. The first kappa shape index (κ1) is 14.8. The van der Waals surface area contributed by atoms with E-state index in [0.717, 1.165) is 0 Å². The summed E-state index contributed by atoms with van der Waals surface area (Å²) < 4.78 is 15.2. The van der Waals surface area contributed by atoms with Gasteiger partial charge < -0.3 is 19.9 Å². The van der Waals surface area contributed by atoms with E-state index < -0.39 is 18.3 Å². The van der Waals surface area contributed by atoms with Gasteiger partial charge in [0.05, 0.1) is 6.10 Å². The minimum Gasteiger partial charge on any atom is -0.439 e. The maximum Gasteiger partial charge on any atom is 0.405 e. The molecule has 0 aliphatic heterocycles. The summed E-state index contributed by atoms with van der Waals surface area (Å²) in [5.41, 5.74) is 5.70. The third-order valence-corrected chi connectivity index (χ3v) is 2.67. The standard InChI is InChI=1S/C12H16ClNO4/c1-8(17-7-16-2)11(18-12(14)15)9-5-3-4-6-10(9)13/h3-6,8,11H,7H2,1-2H3,(H2,14,15)/t8-,11+/m0/s1. The molecule has 0 saturated heterocycles. The monoisotopic (exact) mass is 273 g/mol. The number of rotatable bonds is 6. The Balaban J connectivity index is 2.90. The van der Waals surface area contributed by atoms with Gasteiger partial charge in [-0.3, -0.25) is 0 Å². The molecule has 1 aromatic rings. The number of benzene rings is 1. The molecule has 2 N–H and O–H groups in total. The number of ether oxygens (including phenoxy) is 3. The molecule has 0 spiro atoms. The maximum absolute atomic E-state index is 10.9. The fraction of sp³-hybridized carbons (Fsp3) is 0.417. The lowest BCUT2D eigenvalue weighted by molar-refractivity contribution is -0.106. The lowest BCUT2D eigenvalue weighted by Gasteiger charge is -2.24. The van der Waals surface area contributed by atoms with E-state index in [1.165, 1.54) is 7.11 Å². The predicted octanol–water partition coefficient (Wildman–Crippen LogP) is 2.49. The molecule has 0 unspecified atom stereocenters. The first-order chi connectivity index (χ1) is 8.56. The molecule has 2 atom stereocenters. The van der Waals surface area contributed by atoms with E-state index in [2.05, 4.69) is 0 Å². The number of nitrogens with two attached hydrogens (primary N) is 1. The van der Waals surface area contributed by atoms with Gasteiger partial charge in [-0.15, -0.1) is 0 Å². The number of halogens is 1. The molecule has 0 aliphatic carbocycles. The minimum absolute atomic E-state index is 0.0875. The molecule has 0 fully saturated rings. The first-order valence-electron chi connectivity index (χ1n) is 5.37. The van der Waals surface area contributed by atoms with Crippen LogP contribution in [0.3, 0.4) is 0 Å². The number of hydrogen-bond acceptors (Lipinski definition) is 4. The first-order valence-corrected chi connectivity index (χ1v) is 5.75. The van der Waals surface area contributed by atoms with Crippen LogP contribution >= 0.6 is 11.6 Å².